The van der Waals surface area contributed by atoms with Gasteiger partial charge in [0.15, 0.2) is 16.4 Å². The second-order valence-corrected chi connectivity index (χ2v) is 9.08. The van der Waals surface area contributed by atoms with Crippen molar-refractivity contribution in [2.75, 3.05) is 7.11 Å². The van der Waals surface area contributed by atoms with Crippen LogP contribution in [0.1, 0.15) is 0 Å². The van der Waals surface area contributed by atoms with Crippen LogP contribution in [-0.2, 0) is 0 Å². The summed E-state index contributed by atoms with van der Waals surface area (Å²) in [6.07, 6.45) is 0. The largest absolute Gasteiger partial charge is 0.508 e. The van der Waals surface area contributed by atoms with E-state index in [-0.39, 0.29) is 50.5 Å². The van der Waals surface area contributed by atoms with E-state index in [0.29, 0.717) is 27.8 Å². The Morgan fingerprint density at radius 2 is 1.35 bits per heavy atom. The molecule has 9 nitrogen and oxygen atoms in total. The lowest BCUT2D eigenvalue weighted by atomic mass is 9.97. The zero-order valence-electron chi connectivity index (χ0n) is 20.8. The number of phenolic OH excluding ortho intramolecular Hbond substituents is 4. The first-order valence-electron chi connectivity index (χ1n) is 12.0. The number of phenols is 4. The predicted octanol–water partition coefficient (Wildman–Crippen LogP) is 5.73. The summed E-state index contributed by atoms with van der Waals surface area (Å²) < 4.78 is 17.2. The van der Waals surface area contributed by atoms with Crippen LogP contribution in [-0.4, -0.2) is 27.5 Å². The fraction of sp³-hybridized carbons (Fsp3) is 0.0323. The van der Waals surface area contributed by atoms with Crippen LogP contribution >= 0.6 is 0 Å². The van der Waals surface area contributed by atoms with Crippen LogP contribution in [0.5, 0.6) is 28.7 Å². The van der Waals surface area contributed by atoms with Crippen LogP contribution < -0.4 is 15.6 Å². The highest BCUT2D eigenvalue weighted by Crippen LogP contribution is 2.45. The van der Waals surface area contributed by atoms with Gasteiger partial charge in [-0.2, -0.15) is 0 Å². The Morgan fingerprint density at radius 1 is 0.650 bits per heavy atom. The lowest BCUT2D eigenvalue weighted by molar-refractivity contribution is 0.414. The smallest absolute Gasteiger partial charge is 0.197 e. The van der Waals surface area contributed by atoms with Crippen LogP contribution in [0.4, 0.5) is 0 Å². The summed E-state index contributed by atoms with van der Waals surface area (Å²) in [5.41, 5.74) is 0.0617. The van der Waals surface area contributed by atoms with E-state index >= 15 is 0 Å². The predicted molar refractivity (Wildman–Crippen MR) is 148 cm³/mol. The molecule has 40 heavy (non-hydrogen) atoms. The number of hydrogen-bond donors (Lipinski definition) is 4. The zero-order chi connectivity index (χ0) is 28.1. The number of hydrogen-bond acceptors (Lipinski definition) is 9. The molecule has 2 aromatic heterocycles. The van der Waals surface area contributed by atoms with Crippen LogP contribution in [0.15, 0.2) is 97.3 Å². The number of fused-ring (bicyclic) bond motifs is 2. The van der Waals surface area contributed by atoms with E-state index in [4.69, 9.17) is 13.6 Å². The quantitative estimate of drug-likeness (QED) is 0.221. The van der Waals surface area contributed by atoms with Gasteiger partial charge in [0.1, 0.15) is 51.2 Å². The Balaban J connectivity index is 1.60. The van der Waals surface area contributed by atoms with E-state index < -0.39 is 16.9 Å². The van der Waals surface area contributed by atoms with Gasteiger partial charge in [-0.15, -0.1) is 0 Å². The third kappa shape index (κ3) is 4.06. The molecule has 198 valence electrons. The second-order valence-electron chi connectivity index (χ2n) is 9.08. The van der Waals surface area contributed by atoms with Gasteiger partial charge in [0.05, 0.1) is 18.1 Å². The van der Waals surface area contributed by atoms with Gasteiger partial charge in [-0.25, -0.2) is 0 Å². The normalized spacial score (nSPS) is 11.2. The highest BCUT2D eigenvalue weighted by atomic mass is 16.5. The van der Waals surface area contributed by atoms with Crippen molar-refractivity contribution < 1.29 is 34.0 Å². The minimum Gasteiger partial charge on any atom is -0.508 e. The molecular weight excluding hydrogens is 516 g/mol. The van der Waals surface area contributed by atoms with Crippen molar-refractivity contribution in [1.29, 1.82) is 0 Å². The lowest BCUT2D eigenvalue weighted by Gasteiger charge is -2.14. The molecule has 6 rings (SSSR count). The summed E-state index contributed by atoms with van der Waals surface area (Å²) in [5, 5.41) is 42.0. The summed E-state index contributed by atoms with van der Waals surface area (Å²) in [6, 6.07) is 18.6. The van der Waals surface area contributed by atoms with E-state index in [0.717, 1.165) is 6.07 Å². The third-order valence-electron chi connectivity index (χ3n) is 6.60. The van der Waals surface area contributed by atoms with Crippen LogP contribution in [0.2, 0.25) is 0 Å². The van der Waals surface area contributed by atoms with Crippen molar-refractivity contribution in [2.24, 2.45) is 0 Å². The summed E-state index contributed by atoms with van der Waals surface area (Å²) in [4.78, 5) is 25.9. The fourth-order valence-corrected chi connectivity index (χ4v) is 4.62. The highest BCUT2D eigenvalue weighted by molar-refractivity contribution is 6.01. The molecule has 0 bridgehead atoms. The molecule has 0 aliphatic heterocycles. The molecule has 0 fully saturated rings. The fourth-order valence-electron chi connectivity index (χ4n) is 4.62. The molecule has 0 aliphatic carbocycles. The first kappa shape index (κ1) is 24.6. The summed E-state index contributed by atoms with van der Waals surface area (Å²) in [5.74, 6) is -0.439. The Bertz CT molecular complexity index is 2070. The average Bonchev–Trinajstić information content (AvgIpc) is 2.93. The minimum absolute atomic E-state index is 0.0170. The Kier molecular flexibility index (Phi) is 5.69. The standard InChI is InChI=1S/C31H20O9/c1-38-18-7-8-19-22(34)13-27(39-28(19)11-18)16-4-9-21(33)20(10-16)29-23(35)12-24(36)30-25(37)14-26(40-31(29)30)15-2-5-17(32)6-3-15/h2-14,32-33,35-36H,1H3. The number of methoxy groups -OCH3 is 1. The summed E-state index contributed by atoms with van der Waals surface area (Å²) >= 11 is 0. The van der Waals surface area contributed by atoms with Crippen LogP contribution in [0.25, 0.3) is 55.7 Å². The maximum atomic E-state index is 13.1. The van der Waals surface area contributed by atoms with Crippen LogP contribution in [0, 0.1) is 0 Å². The molecule has 4 N–H and O–H groups in total. The highest BCUT2D eigenvalue weighted by Gasteiger charge is 2.22. The van der Waals surface area contributed by atoms with Crippen LogP contribution in [0.3, 0.4) is 0 Å². The summed E-state index contributed by atoms with van der Waals surface area (Å²) in [7, 11) is 1.50. The molecular formula is C31H20O9. The molecule has 0 spiro atoms. The van der Waals surface area contributed by atoms with E-state index in [1.54, 1.807) is 18.2 Å². The van der Waals surface area contributed by atoms with Gasteiger partial charge in [0, 0.05) is 41.0 Å². The van der Waals surface area contributed by atoms with Gasteiger partial charge in [-0.05, 0) is 54.6 Å². The SMILES string of the molecule is COc1ccc2c(=O)cc(-c3ccc(O)c(-c4c(O)cc(O)c5c(=O)cc(-c6ccc(O)cc6)oc45)c3)oc2c1. The first-order chi connectivity index (χ1) is 19.2. The molecule has 0 saturated heterocycles. The topological polar surface area (TPSA) is 151 Å². The number of ether oxygens (including phenoxy) is 1. The maximum Gasteiger partial charge on any atom is 0.197 e. The van der Waals surface area contributed by atoms with Gasteiger partial charge < -0.3 is 34.0 Å². The number of benzene rings is 4. The van der Waals surface area contributed by atoms with Crippen molar-refractivity contribution in [3.8, 4) is 62.5 Å². The zero-order valence-corrected chi connectivity index (χ0v) is 20.8. The number of aromatic hydroxyl groups is 4. The van der Waals surface area contributed by atoms with E-state index in [1.165, 1.54) is 61.7 Å². The van der Waals surface area contributed by atoms with Crippen molar-refractivity contribution in [2.45, 2.75) is 0 Å². The molecule has 0 saturated carbocycles. The van der Waals surface area contributed by atoms with E-state index in [1.807, 2.05) is 0 Å². The van der Waals surface area contributed by atoms with Gasteiger partial charge in [0.2, 0.25) is 0 Å². The molecule has 0 atom stereocenters. The minimum atomic E-state index is -0.590. The maximum absolute atomic E-state index is 13.1. The lowest BCUT2D eigenvalue weighted by Crippen LogP contribution is -2.02. The van der Waals surface area contributed by atoms with Gasteiger partial charge in [0.25, 0.3) is 0 Å². The van der Waals surface area contributed by atoms with Crippen molar-refractivity contribution in [1.82, 2.24) is 0 Å². The van der Waals surface area contributed by atoms with Crippen molar-refractivity contribution >= 4 is 21.9 Å². The monoisotopic (exact) mass is 536 g/mol. The molecule has 6 aromatic rings. The van der Waals surface area contributed by atoms with Gasteiger partial charge >= 0.3 is 0 Å². The van der Waals surface area contributed by atoms with E-state index in [2.05, 4.69) is 0 Å². The average molecular weight is 536 g/mol. The summed E-state index contributed by atoms with van der Waals surface area (Å²) in [6.45, 7) is 0. The molecule has 0 unspecified atom stereocenters. The molecule has 4 aromatic carbocycles. The molecule has 0 aliphatic rings. The number of rotatable bonds is 4. The third-order valence-corrected chi connectivity index (χ3v) is 6.60. The van der Waals surface area contributed by atoms with Gasteiger partial charge in [-0.1, -0.05) is 0 Å². The van der Waals surface area contributed by atoms with E-state index in [9.17, 15) is 30.0 Å². The van der Waals surface area contributed by atoms with Crippen molar-refractivity contribution in [3.63, 3.8) is 0 Å². The molecule has 0 radical (unpaired) electrons. The molecule has 9 heteroatoms. The molecule has 2 heterocycles. The Labute approximate surface area is 225 Å². The first-order valence-corrected chi connectivity index (χ1v) is 12.0. The second kappa shape index (κ2) is 9.25. The Morgan fingerprint density at radius 3 is 2.10 bits per heavy atom. The van der Waals surface area contributed by atoms with Gasteiger partial charge in [-0.3, -0.25) is 9.59 Å². The molecule has 0 amide bonds. The van der Waals surface area contributed by atoms with Crippen molar-refractivity contribution in [3.05, 3.63) is 99.3 Å². The Hall–Kier alpha value is -5.70.